The number of ether oxygens (including phenoxy) is 1. The lowest BCUT2D eigenvalue weighted by atomic mass is 9.89. The van der Waals surface area contributed by atoms with Crippen molar-refractivity contribution in [3.63, 3.8) is 0 Å². The average molecular weight is 383 g/mol. The second-order valence-corrected chi connectivity index (χ2v) is 11.2. The van der Waals surface area contributed by atoms with E-state index in [1.165, 1.54) is 103 Å². The first-order chi connectivity index (χ1) is 12.7. The van der Waals surface area contributed by atoms with E-state index >= 15 is 0 Å². The van der Waals surface area contributed by atoms with Gasteiger partial charge in [-0.05, 0) is 36.5 Å². The highest BCUT2D eigenvalue weighted by atomic mass is 16.5. The fraction of sp³-hybridized carbons (Fsp3) is 1.00. The van der Waals surface area contributed by atoms with E-state index in [-0.39, 0.29) is 0 Å². The first kappa shape index (κ1) is 27.0. The number of hydrogen-bond donors (Lipinski definition) is 0. The Bertz CT molecular complexity index is 264. The van der Waals surface area contributed by atoms with Crippen LogP contribution in [0.15, 0.2) is 0 Å². The van der Waals surface area contributed by atoms with Crippen molar-refractivity contribution in [2.75, 3.05) is 13.2 Å². The smallest absolute Gasteiger partial charge is 0.0466 e. The Labute approximate surface area is 173 Å². The third kappa shape index (κ3) is 26.0. The lowest BCUT2D eigenvalue weighted by molar-refractivity contribution is 0.125. The molecule has 0 atom stereocenters. The molecule has 0 N–H and O–H groups in total. The molecule has 0 bridgehead atoms. The van der Waals surface area contributed by atoms with Gasteiger partial charge in [0.05, 0.1) is 0 Å². The summed E-state index contributed by atoms with van der Waals surface area (Å²) in [5.41, 5.74) is 1.03. The molecule has 164 valence electrons. The topological polar surface area (TPSA) is 9.23 Å². The summed E-state index contributed by atoms with van der Waals surface area (Å²) in [6.07, 6.45) is 22.1. The van der Waals surface area contributed by atoms with Gasteiger partial charge in [0.25, 0.3) is 0 Å². The van der Waals surface area contributed by atoms with Crippen LogP contribution in [0.25, 0.3) is 0 Å². The van der Waals surface area contributed by atoms with Crippen LogP contribution < -0.4 is 0 Å². The summed E-state index contributed by atoms with van der Waals surface area (Å²) in [6.45, 7) is 16.1. The van der Waals surface area contributed by atoms with Gasteiger partial charge in [-0.15, -0.1) is 0 Å². The molecule has 0 radical (unpaired) electrons. The van der Waals surface area contributed by atoms with Gasteiger partial charge in [0.1, 0.15) is 0 Å². The highest BCUT2D eigenvalue weighted by molar-refractivity contribution is 4.61. The van der Waals surface area contributed by atoms with Crippen LogP contribution in [0.5, 0.6) is 0 Å². The highest BCUT2D eigenvalue weighted by Gasteiger charge is 2.09. The van der Waals surface area contributed by atoms with Crippen LogP contribution in [0, 0.1) is 10.8 Å². The normalized spacial score (nSPS) is 12.7. The Kier molecular flexibility index (Phi) is 16.8. The molecule has 0 aromatic heterocycles. The molecular formula is C26H54O. The molecule has 0 aromatic rings. The van der Waals surface area contributed by atoms with Crippen molar-refractivity contribution in [2.24, 2.45) is 10.8 Å². The van der Waals surface area contributed by atoms with Crippen molar-refractivity contribution in [3.8, 4) is 0 Å². The lowest BCUT2D eigenvalue weighted by Crippen LogP contribution is -2.03. The summed E-state index contributed by atoms with van der Waals surface area (Å²) in [5.74, 6) is 0. The SMILES string of the molecule is CC(C)(C)CCCCCCCCCOCCCCCCCCCC(C)(C)C. The maximum atomic E-state index is 5.80. The van der Waals surface area contributed by atoms with Gasteiger partial charge in [-0.2, -0.15) is 0 Å². The third-order valence-electron chi connectivity index (χ3n) is 5.43. The second-order valence-electron chi connectivity index (χ2n) is 11.2. The molecule has 0 rings (SSSR count). The van der Waals surface area contributed by atoms with Gasteiger partial charge < -0.3 is 4.74 Å². The molecule has 0 aliphatic rings. The largest absolute Gasteiger partial charge is 0.381 e. The van der Waals surface area contributed by atoms with Crippen LogP contribution >= 0.6 is 0 Å². The predicted octanol–water partition coefficient (Wildman–Crippen LogP) is 9.34. The molecule has 0 aliphatic heterocycles. The van der Waals surface area contributed by atoms with Crippen LogP contribution in [-0.4, -0.2) is 13.2 Å². The summed E-state index contributed by atoms with van der Waals surface area (Å²) in [5, 5.41) is 0. The molecule has 0 aliphatic carbocycles. The van der Waals surface area contributed by atoms with Gasteiger partial charge in [0.15, 0.2) is 0 Å². The number of rotatable bonds is 18. The van der Waals surface area contributed by atoms with Crippen molar-refractivity contribution in [1.82, 2.24) is 0 Å². The molecule has 0 saturated carbocycles. The summed E-state index contributed by atoms with van der Waals surface area (Å²) in [7, 11) is 0. The lowest BCUT2D eigenvalue weighted by Gasteiger charge is -2.17. The zero-order chi connectivity index (χ0) is 20.4. The van der Waals surface area contributed by atoms with E-state index < -0.39 is 0 Å². The Balaban J connectivity index is 3.07. The van der Waals surface area contributed by atoms with Crippen molar-refractivity contribution in [2.45, 2.75) is 144 Å². The van der Waals surface area contributed by atoms with E-state index in [1.54, 1.807) is 0 Å². The summed E-state index contributed by atoms with van der Waals surface area (Å²) in [4.78, 5) is 0. The van der Waals surface area contributed by atoms with Gasteiger partial charge in [-0.3, -0.25) is 0 Å². The zero-order valence-electron chi connectivity index (χ0n) is 20.1. The maximum Gasteiger partial charge on any atom is 0.0466 e. The summed E-state index contributed by atoms with van der Waals surface area (Å²) in [6, 6.07) is 0. The number of unbranched alkanes of at least 4 members (excludes halogenated alkanes) is 12. The van der Waals surface area contributed by atoms with Crippen molar-refractivity contribution >= 4 is 0 Å². The molecule has 0 heterocycles. The van der Waals surface area contributed by atoms with Gasteiger partial charge in [0.2, 0.25) is 0 Å². The van der Waals surface area contributed by atoms with Crippen molar-refractivity contribution in [3.05, 3.63) is 0 Å². The van der Waals surface area contributed by atoms with E-state index in [4.69, 9.17) is 4.74 Å². The van der Waals surface area contributed by atoms with E-state index in [0.717, 1.165) is 13.2 Å². The summed E-state index contributed by atoms with van der Waals surface area (Å²) >= 11 is 0. The molecule has 0 unspecified atom stereocenters. The van der Waals surface area contributed by atoms with Crippen molar-refractivity contribution < 1.29 is 4.74 Å². The van der Waals surface area contributed by atoms with Gasteiger partial charge in [-0.25, -0.2) is 0 Å². The van der Waals surface area contributed by atoms with E-state index in [0.29, 0.717) is 10.8 Å². The van der Waals surface area contributed by atoms with E-state index in [2.05, 4.69) is 41.5 Å². The minimum atomic E-state index is 0.517. The second kappa shape index (κ2) is 16.9. The Hall–Kier alpha value is -0.0400. The first-order valence-corrected chi connectivity index (χ1v) is 12.3. The van der Waals surface area contributed by atoms with Crippen LogP contribution in [-0.2, 0) is 4.74 Å². The molecule has 1 nitrogen and oxygen atoms in total. The molecule has 0 spiro atoms. The Morgan fingerprint density at radius 1 is 0.370 bits per heavy atom. The van der Waals surface area contributed by atoms with Crippen LogP contribution in [0.1, 0.15) is 144 Å². The van der Waals surface area contributed by atoms with Gasteiger partial charge >= 0.3 is 0 Å². The maximum absolute atomic E-state index is 5.80. The van der Waals surface area contributed by atoms with E-state index in [1.807, 2.05) is 0 Å². The molecule has 0 amide bonds. The molecule has 0 aromatic carbocycles. The predicted molar refractivity (Wildman–Crippen MR) is 124 cm³/mol. The molecular weight excluding hydrogens is 328 g/mol. The fourth-order valence-corrected chi connectivity index (χ4v) is 3.59. The van der Waals surface area contributed by atoms with Crippen LogP contribution in [0.4, 0.5) is 0 Å². The zero-order valence-corrected chi connectivity index (χ0v) is 20.1. The number of hydrogen-bond acceptors (Lipinski definition) is 1. The summed E-state index contributed by atoms with van der Waals surface area (Å²) < 4.78 is 5.80. The quantitative estimate of drug-likeness (QED) is 0.214. The van der Waals surface area contributed by atoms with E-state index in [9.17, 15) is 0 Å². The molecule has 27 heavy (non-hydrogen) atoms. The average Bonchev–Trinajstić information content (AvgIpc) is 2.55. The van der Waals surface area contributed by atoms with Crippen LogP contribution in [0.2, 0.25) is 0 Å². The van der Waals surface area contributed by atoms with Crippen molar-refractivity contribution in [1.29, 1.82) is 0 Å². The minimum Gasteiger partial charge on any atom is -0.381 e. The third-order valence-corrected chi connectivity index (χ3v) is 5.43. The highest BCUT2D eigenvalue weighted by Crippen LogP contribution is 2.23. The van der Waals surface area contributed by atoms with Gasteiger partial charge in [0, 0.05) is 13.2 Å². The monoisotopic (exact) mass is 382 g/mol. The first-order valence-electron chi connectivity index (χ1n) is 12.3. The minimum absolute atomic E-state index is 0.517. The molecule has 1 heteroatoms. The van der Waals surface area contributed by atoms with Gasteiger partial charge in [-0.1, -0.05) is 119 Å². The Morgan fingerprint density at radius 2 is 0.630 bits per heavy atom. The van der Waals surface area contributed by atoms with Crippen LogP contribution in [0.3, 0.4) is 0 Å². The Morgan fingerprint density at radius 3 is 0.926 bits per heavy atom. The molecule has 0 saturated heterocycles. The standard InChI is InChI=1S/C26H54O/c1-25(2,3)21-17-13-9-7-11-15-19-23-27-24-20-16-12-8-10-14-18-22-26(4,5)6/h7-24H2,1-6H3. The molecule has 0 fully saturated rings. The fourth-order valence-electron chi connectivity index (χ4n) is 3.59.